The van der Waals surface area contributed by atoms with Crippen molar-refractivity contribution in [2.24, 2.45) is 0 Å². The Hall–Kier alpha value is -1.32. The maximum atomic E-state index is 11.2. The molecule has 3 nitrogen and oxygen atoms in total. The van der Waals surface area contributed by atoms with Gasteiger partial charge in [0.2, 0.25) is 0 Å². The first kappa shape index (κ1) is 13.7. The van der Waals surface area contributed by atoms with E-state index in [1.165, 1.54) is 0 Å². The van der Waals surface area contributed by atoms with Crippen molar-refractivity contribution in [1.82, 2.24) is 0 Å². The van der Waals surface area contributed by atoms with Gasteiger partial charge in [0.1, 0.15) is 0 Å². The van der Waals surface area contributed by atoms with Crippen LogP contribution in [0.15, 0.2) is 30.8 Å². The lowest BCUT2D eigenvalue weighted by Crippen LogP contribution is -2.23. The van der Waals surface area contributed by atoms with Crippen LogP contribution in [0.4, 0.5) is 0 Å². The minimum Gasteiger partial charge on any atom is -0.464 e. The molecule has 0 heterocycles. The highest BCUT2D eigenvalue weighted by Gasteiger charge is 2.17. The van der Waals surface area contributed by atoms with Crippen molar-refractivity contribution < 1.29 is 14.6 Å². The second-order valence-corrected chi connectivity index (χ2v) is 4.02. The van der Waals surface area contributed by atoms with Crippen LogP contribution in [0.3, 0.4) is 0 Å². The molecule has 0 spiro atoms. The molecule has 17 heavy (non-hydrogen) atoms. The number of ether oxygens (including phenoxy) is 1. The van der Waals surface area contributed by atoms with Crippen LogP contribution < -0.4 is 0 Å². The van der Waals surface area contributed by atoms with E-state index in [1.54, 1.807) is 31.2 Å². The molecule has 0 saturated heterocycles. The van der Waals surface area contributed by atoms with Gasteiger partial charge in [-0.15, -0.1) is 0 Å². The Morgan fingerprint density at radius 2 is 2.06 bits per heavy atom. The van der Waals surface area contributed by atoms with Crippen molar-refractivity contribution in [3.63, 3.8) is 0 Å². The standard InChI is InChI=1S/C13H15ClO3/c1-3-17-13(16)12(15)8-9(2)10-4-6-11(14)7-5-10/h4-7,12,15H,2-3,8H2,1H3/t12-/m1/s1. The van der Waals surface area contributed by atoms with Gasteiger partial charge in [-0.05, 0) is 30.2 Å². The van der Waals surface area contributed by atoms with Crippen LogP contribution in [0.25, 0.3) is 5.57 Å². The monoisotopic (exact) mass is 254 g/mol. The van der Waals surface area contributed by atoms with Gasteiger partial charge in [-0.3, -0.25) is 0 Å². The van der Waals surface area contributed by atoms with Crippen molar-refractivity contribution in [1.29, 1.82) is 0 Å². The first-order chi connectivity index (χ1) is 8.04. The number of hydrogen-bond acceptors (Lipinski definition) is 3. The number of halogens is 1. The minimum absolute atomic E-state index is 0.153. The SMILES string of the molecule is C=C(C[C@@H](O)C(=O)OCC)c1ccc(Cl)cc1. The van der Waals surface area contributed by atoms with E-state index in [9.17, 15) is 9.90 Å². The highest BCUT2D eigenvalue weighted by molar-refractivity contribution is 6.30. The van der Waals surface area contributed by atoms with Gasteiger partial charge in [-0.2, -0.15) is 0 Å². The summed E-state index contributed by atoms with van der Waals surface area (Å²) in [5, 5.41) is 10.2. The third kappa shape index (κ3) is 4.21. The smallest absolute Gasteiger partial charge is 0.335 e. The van der Waals surface area contributed by atoms with Gasteiger partial charge in [0, 0.05) is 11.4 Å². The highest BCUT2D eigenvalue weighted by Crippen LogP contribution is 2.20. The molecule has 1 aromatic rings. The van der Waals surface area contributed by atoms with E-state index in [0.717, 1.165) is 5.56 Å². The maximum Gasteiger partial charge on any atom is 0.335 e. The number of aliphatic hydroxyl groups is 1. The number of carbonyl (C=O) groups excluding carboxylic acids is 1. The second kappa shape index (κ2) is 6.42. The molecule has 0 aliphatic rings. The topological polar surface area (TPSA) is 46.5 Å². The van der Waals surface area contributed by atoms with Gasteiger partial charge in [0.05, 0.1) is 6.61 Å². The Labute approximate surface area is 106 Å². The molecular formula is C13H15ClO3. The fourth-order valence-corrected chi connectivity index (χ4v) is 1.48. The number of benzene rings is 1. The summed E-state index contributed by atoms with van der Waals surface area (Å²) in [4.78, 5) is 11.2. The second-order valence-electron chi connectivity index (χ2n) is 3.58. The number of esters is 1. The molecule has 1 rings (SSSR count). The van der Waals surface area contributed by atoms with Crippen LogP contribution >= 0.6 is 11.6 Å². The normalized spacial score (nSPS) is 11.9. The molecule has 0 aliphatic carbocycles. The van der Waals surface area contributed by atoms with E-state index < -0.39 is 12.1 Å². The zero-order chi connectivity index (χ0) is 12.8. The van der Waals surface area contributed by atoms with E-state index in [-0.39, 0.29) is 13.0 Å². The van der Waals surface area contributed by atoms with Crippen LogP contribution in [-0.4, -0.2) is 23.8 Å². The molecule has 92 valence electrons. The zero-order valence-electron chi connectivity index (χ0n) is 9.65. The first-order valence-electron chi connectivity index (χ1n) is 5.33. The maximum absolute atomic E-state index is 11.2. The number of aliphatic hydroxyl groups excluding tert-OH is 1. The summed E-state index contributed by atoms with van der Waals surface area (Å²) in [6.45, 7) is 5.77. The number of rotatable bonds is 5. The highest BCUT2D eigenvalue weighted by atomic mass is 35.5. The Kier molecular flexibility index (Phi) is 5.19. The van der Waals surface area contributed by atoms with E-state index in [4.69, 9.17) is 16.3 Å². The van der Waals surface area contributed by atoms with Crippen molar-refractivity contribution in [3.05, 3.63) is 41.4 Å². The Balaban J connectivity index is 2.60. The summed E-state index contributed by atoms with van der Waals surface area (Å²) in [6.07, 6.45) is -1.02. The molecule has 4 heteroatoms. The van der Waals surface area contributed by atoms with Gasteiger partial charge in [0.25, 0.3) is 0 Å². The summed E-state index contributed by atoms with van der Waals surface area (Å²) in [5.74, 6) is -0.623. The lowest BCUT2D eigenvalue weighted by atomic mass is 10.0. The lowest BCUT2D eigenvalue weighted by molar-refractivity contribution is -0.152. The summed E-state index contributed by atoms with van der Waals surface area (Å²) in [5.41, 5.74) is 1.51. The average molecular weight is 255 g/mol. The van der Waals surface area contributed by atoms with Crippen LogP contribution in [0.2, 0.25) is 5.02 Å². The third-order valence-corrected chi connectivity index (χ3v) is 2.50. The first-order valence-corrected chi connectivity index (χ1v) is 5.70. The summed E-state index contributed by atoms with van der Waals surface area (Å²) in [7, 11) is 0. The minimum atomic E-state index is -1.17. The van der Waals surface area contributed by atoms with Gasteiger partial charge in [0.15, 0.2) is 6.10 Å². The van der Waals surface area contributed by atoms with Crippen molar-refractivity contribution >= 4 is 23.1 Å². The molecular weight excluding hydrogens is 240 g/mol. The average Bonchev–Trinajstić information content (AvgIpc) is 2.30. The van der Waals surface area contributed by atoms with E-state index in [0.29, 0.717) is 10.6 Å². The molecule has 1 N–H and O–H groups in total. The van der Waals surface area contributed by atoms with Crippen LogP contribution in [0, 0.1) is 0 Å². The number of carbonyl (C=O) groups is 1. The largest absolute Gasteiger partial charge is 0.464 e. The van der Waals surface area contributed by atoms with E-state index in [2.05, 4.69) is 6.58 Å². The Morgan fingerprint density at radius 3 is 2.59 bits per heavy atom. The van der Waals surface area contributed by atoms with Crippen molar-refractivity contribution in [2.45, 2.75) is 19.4 Å². The predicted octanol–water partition coefficient (Wildman–Crippen LogP) is 2.67. The van der Waals surface area contributed by atoms with Crippen molar-refractivity contribution in [3.8, 4) is 0 Å². The van der Waals surface area contributed by atoms with Crippen LogP contribution in [0.5, 0.6) is 0 Å². The van der Waals surface area contributed by atoms with Crippen LogP contribution in [0.1, 0.15) is 18.9 Å². The van der Waals surface area contributed by atoms with Gasteiger partial charge in [-0.25, -0.2) is 4.79 Å². The molecule has 1 atom stereocenters. The predicted molar refractivity (Wildman–Crippen MR) is 67.7 cm³/mol. The molecule has 0 radical (unpaired) electrons. The zero-order valence-corrected chi connectivity index (χ0v) is 10.4. The molecule has 0 saturated carbocycles. The Bertz CT molecular complexity index is 398. The fourth-order valence-electron chi connectivity index (χ4n) is 1.36. The van der Waals surface area contributed by atoms with Crippen molar-refractivity contribution in [2.75, 3.05) is 6.61 Å². The summed E-state index contributed by atoms with van der Waals surface area (Å²) < 4.78 is 4.71. The van der Waals surface area contributed by atoms with E-state index in [1.807, 2.05) is 0 Å². The lowest BCUT2D eigenvalue weighted by Gasteiger charge is -2.11. The third-order valence-electron chi connectivity index (χ3n) is 2.25. The van der Waals surface area contributed by atoms with E-state index >= 15 is 0 Å². The molecule has 0 unspecified atom stereocenters. The summed E-state index contributed by atoms with van der Waals surface area (Å²) >= 11 is 5.76. The molecule has 1 aromatic carbocycles. The van der Waals surface area contributed by atoms with Gasteiger partial charge < -0.3 is 9.84 Å². The fraction of sp³-hybridized carbons (Fsp3) is 0.308. The molecule has 0 bridgehead atoms. The molecule has 0 amide bonds. The summed E-state index contributed by atoms with van der Waals surface area (Å²) in [6, 6.07) is 7.06. The van der Waals surface area contributed by atoms with Crippen LogP contribution in [-0.2, 0) is 9.53 Å². The molecule has 0 aliphatic heterocycles. The van der Waals surface area contributed by atoms with Gasteiger partial charge >= 0.3 is 5.97 Å². The number of hydrogen-bond donors (Lipinski definition) is 1. The van der Waals surface area contributed by atoms with Gasteiger partial charge in [-0.1, -0.05) is 30.3 Å². The quantitative estimate of drug-likeness (QED) is 0.822. The molecule has 0 fully saturated rings. The Morgan fingerprint density at radius 1 is 1.47 bits per heavy atom. The molecule has 0 aromatic heterocycles.